The average molecular weight is 247 g/mol. The third-order valence-corrected chi connectivity index (χ3v) is 4.24. The van der Waals surface area contributed by atoms with Crippen molar-refractivity contribution in [1.29, 1.82) is 0 Å². The van der Waals surface area contributed by atoms with Crippen LogP contribution in [0.3, 0.4) is 0 Å². The molecule has 3 nitrogen and oxygen atoms in total. The Balaban J connectivity index is 4.75. The molecular formula is C8H16F3NO2S. The summed E-state index contributed by atoms with van der Waals surface area (Å²) in [6, 6.07) is 0. The van der Waals surface area contributed by atoms with Gasteiger partial charge in [-0.3, -0.25) is 0 Å². The zero-order valence-electron chi connectivity index (χ0n) is 8.55. The van der Waals surface area contributed by atoms with Crippen molar-refractivity contribution in [2.75, 3.05) is 12.3 Å². The standard InChI is InChI=1S/C8H16F3NO2S/c1-2-3-6-15(13,14)7(4-5-12)8(9,10)11/h7H,2-6,12H2,1H3. The van der Waals surface area contributed by atoms with Crippen LogP contribution in [0.25, 0.3) is 0 Å². The number of sulfone groups is 1. The Kier molecular flexibility index (Phi) is 5.58. The number of hydrogen-bond donors (Lipinski definition) is 1. The molecule has 0 bridgehead atoms. The second kappa shape index (κ2) is 5.69. The van der Waals surface area contributed by atoms with E-state index in [4.69, 9.17) is 5.73 Å². The topological polar surface area (TPSA) is 60.2 Å². The summed E-state index contributed by atoms with van der Waals surface area (Å²) in [5.41, 5.74) is 4.99. The molecule has 15 heavy (non-hydrogen) atoms. The molecule has 0 amide bonds. The Morgan fingerprint density at radius 3 is 2.20 bits per heavy atom. The molecule has 7 heteroatoms. The van der Waals surface area contributed by atoms with Crippen LogP contribution in [-0.2, 0) is 9.84 Å². The van der Waals surface area contributed by atoms with Crippen LogP contribution >= 0.6 is 0 Å². The lowest BCUT2D eigenvalue weighted by Gasteiger charge is -2.19. The molecular weight excluding hydrogens is 231 g/mol. The van der Waals surface area contributed by atoms with E-state index in [-0.39, 0.29) is 13.0 Å². The molecule has 0 spiro atoms. The number of halogens is 3. The molecule has 1 atom stereocenters. The molecule has 0 rings (SSSR count). The number of hydrogen-bond acceptors (Lipinski definition) is 3. The summed E-state index contributed by atoms with van der Waals surface area (Å²) in [5.74, 6) is -0.423. The molecule has 0 aromatic carbocycles. The lowest BCUT2D eigenvalue weighted by molar-refractivity contribution is -0.131. The molecule has 0 radical (unpaired) electrons. The quantitative estimate of drug-likeness (QED) is 0.773. The fraction of sp³-hybridized carbons (Fsp3) is 1.00. The summed E-state index contributed by atoms with van der Waals surface area (Å²) in [6.07, 6.45) is -4.48. The molecule has 0 aromatic heterocycles. The molecule has 0 saturated carbocycles. The molecule has 0 aliphatic carbocycles. The normalized spacial score (nSPS) is 15.3. The highest BCUT2D eigenvalue weighted by atomic mass is 32.2. The van der Waals surface area contributed by atoms with Crippen LogP contribution in [0.4, 0.5) is 13.2 Å². The summed E-state index contributed by atoms with van der Waals surface area (Å²) in [7, 11) is -4.11. The van der Waals surface area contributed by atoms with E-state index < -0.39 is 33.4 Å². The number of unbranched alkanes of at least 4 members (excludes halogenated alkanes) is 1. The van der Waals surface area contributed by atoms with Crippen LogP contribution in [-0.4, -0.2) is 32.1 Å². The van der Waals surface area contributed by atoms with Crippen molar-refractivity contribution in [3.63, 3.8) is 0 Å². The van der Waals surface area contributed by atoms with Gasteiger partial charge >= 0.3 is 6.18 Å². The molecule has 0 fully saturated rings. The molecule has 92 valence electrons. The largest absolute Gasteiger partial charge is 0.405 e. The summed E-state index contributed by atoms with van der Waals surface area (Å²) in [5, 5.41) is -2.30. The van der Waals surface area contributed by atoms with Crippen molar-refractivity contribution in [1.82, 2.24) is 0 Å². The van der Waals surface area contributed by atoms with Crippen LogP contribution < -0.4 is 5.73 Å². The minimum atomic E-state index is -4.72. The van der Waals surface area contributed by atoms with Crippen LogP contribution in [0, 0.1) is 0 Å². The molecule has 0 heterocycles. The Morgan fingerprint density at radius 1 is 1.33 bits per heavy atom. The summed E-state index contributed by atoms with van der Waals surface area (Å²) < 4.78 is 59.9. The van der Waals surface area contributed by atoms with Gasteiger partial charge in [-0.2, -0.15) is 13.2 Å². The molecule has 0 aromatic rings. The van der Waals surface area contributed by atoms with E-state index >= 15 is 0 Å². The van der Waals surface area contributed by atoms with Gasteiger partial charge < -0.3 is 5.73 Å². The summed E-state index contributed by atoms with van der Waals surface area (Å²) in [6.45, 7) is 1.44. The monoisotopic (exact) mass is 247 g/mol. The van der Waals surface area contributed by atoms with Gasteiger partial charge in [0.1, 0.15) is 0 Å². The summed E-state index contributed by atoms with van der Waals surface area (Å²) in [4.78, 5) is 0. The Labute approximate surface area is 87.8 Å². The van der Waals surface area contributed by atoms with Gasteiger partial charge in [-0.05, 0) is 19.4 Å². The number of alkyl halides is 3. The lowest BCUT2D eigenvalue weighted by Crippen LogP contribution is -2.39. The fourth-order valence-electron chi connectivity index (χ4n) is 1.19. The predicted molar refractivity (Wildman–Crippen MR) is 52.2 cm³/mol. The van der Waals surface area contributed by atoms with Gasteiger partial charge in [0.15, 0.2) is 15.1 Å². The van der Waals surface area contributed by atoms with Crippen molar-refractivity contribution >= 4 is 9.84 Å². The van der Waals surface area contributed by atoms with Gasteiger partial charge in [0.25, 0.3) is 0 Å². The minimum Gasteiger partial charge on any atom is -0.330 e. The van der Waals surface area contributed by atoms with Gasteiger partial charge in [-0.1, -0.05) is 13.3 Å². The van der Waals surface area contributed by atoms with Gasteiger partial charge in [0.05, 0.1) is 5.75 Å². The van der Waals surface area contributed by atoms with E-state index in [1.807, 2.05) is 0 Å². The van der Waals surface area contributed by atoms with E-state index in [2.05, 4.69) is 0 Å². The maximum atomic E-state index is 12.4. The van der Waals surface area contributed by atoms with E-state index in [1.165, 1.54) is 0 Å². The molecule has 0 aliphatic heterocycles. The summed E-state index contributed by atoms with van der Waals surface area (Å²) >= 11 is 0. The van der Waals surface area contributed by atoms with Crippen molar-refractivity contribution in [2.45, 2.75) is 37.6 Å². The van der Waals surface area contributed by atoms with Crippen LogP contribution in [0.1, 0.15) is 26.2 Å². The third-order valence-electron chi connectivity index (χ3n) is 2.01. The van der Waals surface area contributed by atoms with Crippen molar-refractivity contribution in [2.24, 2.45) is 5.73 Å². The van der Waals surface area contributed by atoms with Crippen molar-refractivity contribution < 1.29 is 21.6 Å². The second-order valence-electron chi connectivity index (χ2n) is 3.33. The van der Waals surface area contributed by atoms with Gasteiger partial charge in [-0.15, -0.1) is 0 Å². The number of nitrogens with two attached hydrogens (primary N) is 1. The highest BCUT2D eigenvalue weighted by molar-refractivity contribution is 7.92. The Bertz CT molecular complexity index is 274. The fourth-order valence-corrected chi connectivity index (χ4v) is 3.06. The van der Waals surface area contributed by atoms with E-state index in [1.54, 1.807) is 6.92 Å². The molecule has 0 saturated heterocycles. The zero-order chi connectivity index (χ0) is 12.1. The van der Waals surface area contributed by atoms with E-state index in [0.29, 0.717) is 6.42 Å². The van der Waals surface area contributed by atoms with Crippen LogP contribution in [0.15, 0.2) is 0 Å². The van der Waals surface area contributed by atoms with Crippen LogP contribution in [0.5, 0.6) is 0 Å². The maximum absolute atomic E-state index is 12.4. The zero-order valence-corrected chi connectivity index (χ0v) is 9.37. The van der Waals surface area contributed by atoms with Gasteiger partial charge in [-0.25, -0.2) is 8.42 Å². The number of rotatable bonds is 6. The highest BCUT2D eigenvalue weighted by Crippen LogP contribution is 2.29. The van der Waals surface area contributed by atoms with Gasteiger partial charge in [0.2, 0.25) is 0 Å². The minimum absolute atomic E-state index is 0.249. The van der Waals surface area contributed by atoms with Crippen molar-refractivity contribution in [3.05, 3.63) is 0 Å². The average Bonchev–Trinajstić information content (AvgIpc) is 2.09. The maximum Gasteiger partial charge on any atom is 0.405 e. The molecule has 1 unspecified atom stereocenters. The second-order valence-corrected chi connectivity index (χ2v) is 5.63. The van der Waals surface area contributed by atoms with E-state index in [9.17, 15) is 21.6 Å². The van der Waals surface area contributed by atoms with Gasteiger partial charge in [0, 0.05) is 0 Å². The highest BCUT2D eigenvalue weighted by Gasteiger charge is 2.47. The molecule has 2 N–H and O–H groups in total. The first-order valence-electron chi connectivity index (χ1n) is 4.74. The Morgan fingerprint density at radius 2 is 1.87 bits per heavy atom. The third kappa shape index (κ3) is 4.83. The first kappa shape index (κ1) is 14.7. The lowest BCUT2D eigenvalue weighted by atomic mass is 10.3. The van der Waals surface area contributed by atoms with Crippen LogP contribution in [0.2, 0.25) is 0 Å². The van der Waals surface area contributed by atoms with E-state index in [0.717, 1.165) is 0 Å². The Hall–Kier alpha value is -0.300. The first-order chi connectivity index (χ1) is 6.75. The molecule has 0 aliphatic rings. The smallest absolute Gasteiger partial charge is 0.330 e. The predicted octanol–water partition coefficient (Wildman–Crippen LogP) is 1.48. The first-order valence-corrected chi connectivity index (χ1v) is 6.45. The van der Waals surface area contributed by atoms with Crippen molar-refractivity contribution in [3.8, 4) is 0 Å². The SMILES string of the molecule is CCCCS(=O)(=O)C(CCN)C(F)(F)F.